The first-order valence-corrected chi connectivity index (χ1v) is 5.58. The van der Waals surface area contributed by atoms with Gasteiger partial charge in [-0.05, 0) is 12.1 Å². The van der Waals surface area contributed by atoms with Gasteiger partial charge in [0, 0.05) is 16.3 Å². The van der Waals surface area contributed by atoms with Crippen LogP contribution in [0.25, 0.3) is 21.8 Å². The number of rotatable bonds is 2. The largest absolute Gasteiger partial charge is 0.294 e. The van der Waals surface area contributed by atoms with Crippen molar-refractivity contribution in [2.75, 3.05) is 0 Å². The van der Waals surface area contributed by atoms with Crippen molar-refractivity contribution in [1.29, 1.82) is 0 Å². The Morgan fingerprint density at radius 3 is 1.89 bits per heavy atom. The summed E-state index contributed by atoms with van der Waals surface area (Å²) in [4.78, 5) is 27.2. The summed E-state index contributed by atoms with van der Waals surface area (Å²) < 4.78 is 0. The fourth-order valence-corrected chi connectivity index (χ4v) is 2.16. The molecule has 0 saturated heterocycles. The molecule has 0 radical (unpaired) electrons. The number of carbonyl (C=O) groups excluding carboxylic acids is 2. The zero-order valence-electron chi connectivity index (χ0n) is 9.46. The molecule has 0 atom stereocenters. The van der Waals surface area contributed by atoms with Gasteiger partial charge in [-0.3, -0.25) is 9.59 Å². The van der Waals surface area contributed by atoms with Gasteiger partial charge in [-0.2, -0.15) is 0 Å². The number of aromatic nitrogens is 1. The van der Waals surface area contributed by atoms with Crippen LogP contribution < -0.4 is 0 Å². The van der Waals surface area contributed by atoms with Crippen LogP contribution in [0.15, 0.2) is 48.5 Å². The van der Waals surface area contributed by atoms with Crippen molar-refractivity contribution in [1.82, 2.24) is 4.98 Å². The molecule has 0 fully saturated rings. The van der Waals surface area contributed by atoms with E-state index in [1.807, 2.05) is 48.5 Å². The van der Waals surface area contributed by atoms with Gasteiger partial charge in [0.15, 0.2) is 6.29 Å². The van der Waals surface area contributed by atoms with E-state index < -0.39 is 5.78 Å². The Balaban J connectivity index is 2.57. The predicted octanol–water partition coefficient (Wildman–Crippen LogP) is 2.77. The topological polar surface area (TPSA) is 47.0 Å². The second-order valence-electron chi connectivity index (χ2n) is 4.00. The lowest BCUT2D eigenvalue weighted by Gasteiger charge is -2.07. The normalized spacial score (nSPS) is 10.7. The summed E-state index contributed by atoms with van der Waals surface area (Å²) in [5.41, 5.74) is 1.88. The number of pyridine rings is 1. The smallest absolute Gasteiger partial charge is 0.226 e. The summed E-state index contributed by atoms with van der Waals surface area (Å²) >= 11 is 0. The molecule has 0 amide bonds. The van der Waals surface area contributed by atoms with E-state index in [2.05, 4.69) is 4.98 Å². The second-order valence-corrected chi connectivity index (χ2v) is 4.00. The van der Waals surface area contributed by atoms with Crippen molar-refractivity contribution in [2.45, 2.75) is 0 Å². The number of carbonyl (C=O) groups is 2. The number of ketones is 1. The Morgan fingerprint density at radius 2 is 1.39 bits per heavy atom. The van der Waals surface area contributed by atoms with E-state index in [4.69, 9.17) is 0 Å². The van der Waals surface area contributed by atoms with Gasteiger partial charge in [0.1, 0.15) is 0 Å². The summed E-state index contributed by atoms with van der Waals surface area (Å²) in [6.45, 7) is 0. The van der Waals surface area contributed by atoms with E-state index in [1.54, 1.807) is 0 Å². The summed E-state index contributed by atoms with van der Waals surface area (Å²) in [5.74, 6) is -0.509. The summed E-state index contributed by atoms with van der Waals surface area (Å²) in [7, 11) is 0. The fourth-order valence-electron chi connectivity index (χ4n) is 2.16. The first-order valence-electron chi connectivity index (χ1n) is 5.58. The Morgan fingerprint density at radius 1 is 0.889 bits per heavy atom. The van der Waals surface area contributed by atoms with Gasteiger partial charge >= 0.3 is 0 Å². The zero-order chi connectivity index (χ0) is 12.5. The molecule has 86 valence electrons. The first kappa shape index (κ1) is 10.6. The number of fused-ring (bicyclic) bond motifs is 2. The van der Waals surface area contributed by atoms with Gasteiger partial charge in [0.05, 0.1) is 11.0 Å². The van der Waals surface area contributed by atoms with Crippen LogP contribution in [0, 0.1) is 0 Å². The third-order valence-corrected chi connectivity index (χ3v) is 2.94. The maximum absolute atomic E-state index is 11.8. The van der Waals surface area contributed by atoms with Crippen LogP contribution in [0.1, 0.15) is 10.4 Å². The minimum absolute atomic E-state index is 0.355. The highest BCUT2D eigenvalue weighted by atomic mass is 16.2. The van der Waals surface area contributed by atoms with Crippen LogP contribution in [0.4, 0.5) is 0 Å². The molecule has 3 nitrogen and oxygen atoms in total. The van der Waals surface area contributed by atoms with E-state index in [0.717, 1.165) is 11.0 Å². The van der Waals surface area contributed by atoms with E-state index in [-0.39, 0.29) is 0 Å². The summed E-state index contributed by atoms with van der Waals surface area (Å²) in [6, 6.07) is 14.7. The van der Waals surface area contributed by atoms with Gasteiger partial charge < -0.3 is 0 Å². The van der Waals surface area contributed by atoms with E-state index >= 15 is 0 Å². The number of Topliss-reactive ketones (excluding diaryl/α,β-unsaturated/α-hetero) is 1. The van der Waals surface area contributed by atoms with Crippen LogP contribution in [-0.2, 0) is 4.79 Å². The highest BCUT2D eigenvalue weighted by Crippen LogP contribution is 2.25. The van der Waals surface area contributed by atoms with Crippen LogP contribution in [-0.4, -0.2) is 17.1 Å². The van der Waals surface area contributed by atoms with Gasteiger partial charge in [0.25, 0.3) is 0 Å². The van der Waals surface area contributed by atoms with Crippen molar-refractivity contribution in [3.8, 4) is 0 Å². The number of para-hydroxylation sites is 2. The fraction of sp³-hybridized carbons (Fsp3) is 0. The molecule has 1 heterocycles. The minimum Gasteiger partial charge on any atom is -0.294 e. The Labute approximate surface area is 103 Å². The average molecular weight is 235 g/mol. The van der Waals surface area contributed by atoms with Gasteiger partial charge in [0.2, 0.25) is 5.78 Å². The molecule has 18 heavy (non-hydrogen) atoms. The number of benzene rings is 2. The van der Waals surface area contributed by atoms with Gasteiger partial charge in [-0.25, -0.2) is 4.98 Å². The van der Waals surface area contributed by atoms with Gasteiger partial charge in [-0.15, -0.1) is 0 Å². The van der Waals surface area contributed by atoms with Gasteiger partial charge in [-0.1, -0.05) is 36.4 Å². The lowest BCUT2D eigenvalue weighted by atomic mass is 10.00. The third kappa shape index (κ3) is 1.49. The molecule has 0 bridgehead atoms. The van der Waals surface area contributed by atoms with E-state index in [9.17, 15) is 9.59 Å². The van der Waals surface area contributed by atoms with Crippen molar-refractivity contribution >= 4 is 33.9 Å². The predicted molar refractivity (Wildman–Crippen MR) is 69.6 cm³/mol. The molecule has 3 heteroatoms. The standard InChI is InChI=1S/C15H9NO2/c17-9-14(18)15-10-5-1-3-7-12(10)16-13-8-4-2-6-11(13)15/h1-9H. The Bertz CT molecular complexity index is 724. The first-order chi connectivity index (χ1) is 8.81. The summed E-state index contributed by atoms with van der Waals surface area (Å²) in [6.07, 6.45) is 0.355. The molecule has 3 rings (SSSR count). The van der Waals surface area contributed by atoms with Crippen molar-refractivity contribution < 1.29 is 9.59 Å². The number of aldehydes is 1. The molecule has 1 aromatic heterocycles. The van der Waals surface area contributed by atoms with Crippen LogP contribution >= 0.6 is 0 Å². The maximum Gasteiger partial charge on any atom is 0.226 e. The molecular weight excluding hydrogens is 226 g/mol. The molecular formula is C15H9NO2. The Kier molecular flexibility index (Phi) is 2.38. The SMILES string of the molecule is O=CC(=O)c1c2ccccc2nc2ccccc12. The average Bonchev–Trinajstić information content (AvgIpc) is 2.44. The monoisotopic (exact) mass is 235 g/mol. The number of hydrogen-bond acceptors (Lipinski definition) is 3. The van der Waals surface area contributed by atoms with E-state index in [1.165, 1.54) is 0 Å². The lowest BCUT2D eigenvalue weighted by Crippen LogP contribution is -2.03. The van der Waals surface area contributed by atoms with Crippen molar-refractivity contribution in [3.63, 3.8) is 0 Å². The highest BCUT2D eigenvalue weighted by molar-refractivity contribution is 6.39. The molecule has 0 spiro atoms. The second kappa shape index (κ2) is 4.04. The third-order valence-electron chi connectivity index (χ3n) is 2.94. The number of hydrogen-bond donors (Lipinski definition) is 0. The molecule has 0 aliphatic rings. The molecule has 0 unspecified atom stereocenters. The van der Waals surface area contributed by atoms with Crippen LogP contribution in [0.3, 0.4) is 0 Å². The van der Waals surface area contributed by atoms with Crippen LogP contribution in [0.5, 0.6) is 0 Å². The molecule has 0 aliphatic carbocycles. The lowest BCUT2D eigenvalue weighted by molar-refractivity contribution is -0.104. The van der Waals surface area contributed by atoms with Crippen LogP contribution in [0.2, 0.25) is 0 Å². The van der Waals surface area contributed by atoms with Crippen molar-refractivity contribution in [2.24, 2.45) is 0 Å². The number of nitrogens with zero attached hydrogens (tertiary/aromatic N) is 1. The molecule has 3 aromatic rings. The van der Waals surface area contributed by atoms with Crippen molar-refractivity contribution in [3.05, 3.63) is 54.1 Å². The maximum atomic E-state index is 11.8. The molecule has 2 aromatic carbocycles. The molecule has 0 N–H and O–H groups in total. The Hall–Kier alpha value is -2.55. The molecule has 0 aliphatic heterocycles. The minimum atomic E-state index is -0.509. The molecule has 0 saturated carbocycles. The quantitative estimate of drug-likeness (QED) is 0.297. The summed E-state index contributed by atoms with van der Waals surface area (Å²) in [5, 5.41) is 1.43. The zero-order valence-corrected chi connectivity index (χ0v) is 9.46. The highest BCUT2D eigenvalue weighted by Gasteiger charge is 2.14. The van der Waals surface area contributed by atoms with E-state index in [0.29, 0.717) is 22.6 Å².